The summed E-state index contributed by atoms with van der Waals surface area (Å²) in [7, 11) is 0. The largest absolute Gasteiger partial charge is 0.434 e. The van der Waals surface area contributed by atoms with Crippen LogP contribution in [0.5, 0.6) is 11.6 Å². The number of rotatable bonds is 4. The van der Waals surface area contributed by atoms with Gasteiger partial charge in [-0.05, 0) is 18.1 Å². The zero-order valence-corrected chi connectivity index (χ0v) is 15.6. The molecule has 0 spiro atoms. The number of ether oxygens (including phenoxy) is 1. The van der Waals surface area contributed by atoms with E-state index in [0.29, 0.717) is 0 Å². The van der Waals surface area contributed by atoms with Gasteiger partial charge in [-0.3, -0.25) is 19.1 Å². The molecule has 1 aromatic carbocycles. The van der Waals surface area contributed by atoms with Crippen LogP contribution >= 0.6 is 23.2 Å². The second-order valence-corrected chi connectivity index (χ2v) is 6.36. The Morgan fingerprint density at radius 3 is 2.52 bits per heavy atom. The van der Waals surface area contributed by atoms with Gasteiger partial charge >= 0.3 is 5.69 Å². The first-order valence-electron chi connectivity index (χ1n) is 10.7. The summed E-state index contributed by atoms with van der Waals surface area (Å²) in [5.41, 5.74) is -3.68. The highest BCUT2D eigenvalue weighted by atomic mass is 35.5. The van der Waals surface area contributed by atoms with E-state index in [-0.39, 0.29) is 27.0 Å². The number of hydrogen-bond acceptors (Lipinski definition) is 6. The van der Waals surface area contributed by atoms with Crippen LogP contribution in [0.2, 0.25) is 10.0 Å². The summed E-state index contributed by atoms with van der Waals surface area (Å²) < 4.78 is 51.7. The molecule has 148 valence electrons. The van der Waals surface area contributed by atoms with Gasteiger partial charge in [0.25, 0.3) is 11.1 Å². The molecule has 0 aliphatic heterocycles. The molecule has 3 aromatic rings. The second-order valence-electron chi connectivity index (χ2n) is 5.55. The summed E-state index contributed by atoms with van der Waals surface area (Å²) in [6.45, 7) is -6.08. The maximum absolute atomic E-state index is 12.2. The fraction of sp³-hybridized carbons (Fsp3) is 0.167. The molecule has 0 saturated carbocycles. The Morgan fingerprint density at radius 2 is 1.90 bits per heavy atom. The molecule has 11 heteroatoms. The summed E-state index contributed by atoms with van der Waals surface area (Å²) in [5.74, 6) is -2.76. The third kappa shape index (κ3) is 4.08. The molecule has 9 nitrogen and oxygen atoms in total. The fourth-order valence-corrected chi connectivity index (χ4v) is 2.85. The van der Waals surface area contributed by atoms with Crippen LogP contribution in [0.3, 0.4) is 0 Å². The lowest BCUT2D eigenvalue weighted by Crippen LogP contribution is -2.30. The van der Waals surface area contributed by atoms with Crippen molar-refractivity contribution in [3.8, 4) is 23.4 Å². The summed E-state index contributed by atoms with van der Waals surface area (Å²) in [6, 6.07) is 4.91. The molecule has 0 saturated heterocycles. The number of aromatic nitrogens is 4. The van der Waals surface area contributed by atoms with Crippen molar-refractivity contribution in [2.45, 2.75) is 19.6 Å². The number of nitrogens with one attached hydrogen (secondary N) is 2. The highest BCUT2D eigenvalue weighted by Crippen LogP contribution is 2.37. The van der Waals surface area contributed by atoms with Crippen molar-refractivity contribution in [1.29, 1.82) is 5.26 Å². The first kappa shape index (κ1) is 13.8. The van der Waals surface area contributed by atoms with Crippen LogP contribution in [0.1, 0.15) is 39.0 Å². The first-order valence-corrected chi connectivity index (χ1v) is 8.42. The minimum Gasteiger partial charge on any atom is -0.434 e. The van der Waals surface area contributed by atoms with Gasteiger partial charge < -0.3 is 4.74 Å². The van der Waals surface area contributed by atoms with Gasteiger partial charge in [-0.2, -0.15) is 5.26 Å². The Labute approximate surface area is 181 Å². The predicted molar refractivity (Wildman–Crippen MR) is 106 cm³/mol. The molecule has 0 amide bonds. The number of hydrogen-bond donors (Lipinski definition) is 2. The molecule has 0 unspecified atom stereocenters. The smallest absolute Gasteiger partial charge is 0.332 e. The average Bonchev–Trinajstić information content (AvgIpc) is 2.71. The van der Waals surface area contributed by atoms with Crippen molar-refractivity contribution in [1.82, 2.24) is 19.7 Å². The van der Waals surface area contributed by atoms with Crippen LogP contribution < -0.4 is 21.5 Å². The Balaban J connectivity index is 2.07. The Kier molecular flexibility index (Phi) is 3.77. The van der Waals surface area contributed by atoms with Crippen molar-refractivity contribution in [3.63, 3.8) is 0 Å². The van der Waals surface area contributed by atoms with Crippen molar-refractivity contribution in [2.75, 3.05) is 0 Å². The van der Waals surface area contributed by atoms with E-state index in [0.717, 1.165) is 16.8 Å². The number of nitriles is 1. The van der Waals surface area contributed by atoms with E-state index >= 15 is 0 Å². The number of benzene rings is 1. The molecule has 2 heterocycles. The van der Waals surface area contributed by atoms with Gasteiger partial charge in [0.2, 0.25) is 5.88 Å². The van der Waals surface area contributed by atoms with Gasteiger partial charge in [0.15, 0.2) is 5.75 Å². The van der Waals surface area contributed by atoms with E-state index in [1.165, 1.54) is 12.1 Å². The van der Waals surface area contributed by atoms with Crippen LogP contribution in [0, 0.1) is 11.3 Å². The molecule has 0 bridgehead atoms. The third-order valence-corrected chi connectivity index (χ3v) is 4.21. The zero-order chi connectivity index (χ0) is 26.3. The highest BCUT2D eigenvalue weighted by molar-refractivity contribution is 6.37. The lowest BCUT2D eigenvalue weighted by molar-refractivity contribution is 0.452. The lowest BCUT2D eigenvalue weighted by atomic mass is 10.1. The monoisotopic (exact) mass is 439 g/mol. The highest BCUT2D eigenvalue weighted by Gasteiger charge is 2.16. The molecule has 29 heavy (non-hydrogen) atoms. The number of halogens is 2. The quantitative estimate of drug-likeness (QED) is 0.641. The minimum absolute atomic E-state index is 0.0603. The van der Waals surface area contributed by atoms with Crippen LogP contribution in [0.15, 0.2) is 38.8 Å². The fourth-order valence-electron chi connectivity index (χ4n) is 2.30. The van der Waals surface area contributed by atoms with E-state index in [2.05, 4.69) is 5.10 Å². The molecule has 0 aliphatic rings. The normalized spacial score (nSPS) is 14.7. The summed E-state index contributed by atoms with van der Waals surface area (Å²) >= 11 is 12.5. The number of aromatic amines is 2. The van der Waals surface area contributed by atoms with Crippen LogP contribution in [-0.2, 0) is 0 Å². The average molecular weight is 440 g/mol. The third-order valence-electron chi connectivity index (χ3n) is 3.65. The molecule has 2 N–H and O–H groups in total. The molecule has 0 aliphatic carbocycles. The summed E-state index contributed by atoms with van der Waals surface area (Å²) in [6.07, 6.45) is 0.989. The Hall–Kier alpha value is -3.35. The first-order chi connectivity index (χ1) is 16.1. The van der Waals surface area contributed by atoms with Gasteiger partial charge in [0, 0.05) is 26.1 Å². The molecule has 3 rings (SSSR count). The van der Waals surface area contributed by atoms with Gasteiger partial charge in [0.05, 0.1) is 15.7 Å². The zero-order valence-electron chi connectivity index (χ0n) is 20.1. The standard InChI is InChI=1S/C18H13Cl2N5O4/c1-8(2)11-5-14(23-24-17(11)27)29-15-12(19)3-10(4-13(15)20)25-7-9(6-21)16(26)22-18(25)28/h3-5,7-8H,1-2H3,(H,24,27)(H,22,26,28)/i1D3,2D3. The Morgan fingerprint density at radius 1 is 1.21 bits per heavy atom. The van der Waals surface area contributed by atoms with Crippen LogP contribution in [-0.4, -0.2) is 19.7 Å². The topological polar surface area (TPSA) is 134 Å². The van der Waals surface area contributed by atoms with Crippen molar-refractivity contribution in [2.24, 2.45) is 0 Å². The lowest BCUT2D eigenvalue weighted by Gasteiger charge is -2.13. The maximum atomic E-state index is 12.2. The van der Waals surface area contributed by atoms with Gasteiger partial charge in [-0.15, -0.1) is 5.10 Å². The summed E-state index contributed by atoms with van der Waals surface area (Å²) in [4.78, 5) is 37.9. The molecule has 2 aromatic heterocycles. The second kappa shape index (κ2) is 7.95. The molecular weight excluding hydrogens is 421 g/mol. The van der Waals surface area contributed by atoms with E-state index in [9.17, 15) is 14.4 Å². The van der Waals surface area contributed by atoms with Gasteiger partial charge in [0.1, 0.15) is 11.6 Å². The SMILES string of the molecule is [2H]C([2H])([2H])C(c1cc(Oc2c(Cl)cc(-n3cc(C#N)c(=O)[nH]c3=O)cc2Cl)n[nH]c1=O)C([2H])([2H])[2H]. The van der Waals surface area contributed by atoms with Crippen molar-refractivity contribution < 1.29 is 13.0 Å². The molecule has 0 atom stereocenters. The maximum Gasteiger partial charge on any atom is 0.332 e. The van der Waals surface area contributed by atoms with Crippen molar-refractivity contribution in [3.05, 3.63) is 76.8 Å². The van der Waals surface area contributed by atoms with E-state index < -0.39 is 47.9 Å². The predicted octanol–water partition coefficient (Wildman–Crippen LogP) is 2.70. The van der Waals surface area contributed by atoms with Crippen molar-refractivity contribution >= 4 is 23.2 Å². The van der Waals surface area contributed by atoms with E-state index in [1.807, 2.05) is 10.1 Å². The number of H-pyrrole nitrogens is 2. The number of nitrogens with zero attached hydrogens (tertiary/aromatic N) is 3. The Bertz CT molecular complexity index is 1480. The minimum atomic E-state index is -3.04. The van der Waals surface area contributed by atoms with Crippen LogP contribution in [0.25, 0.3) is 5.69 Å². The summed E-state index contributed by atoms with van der Waals surface area (Å²) in [5, 5.41) is 14.3. The molecule has 0 radical (unpaired) electrons. The van der Waals surface area contributed by atoms with E-state index in [4.69, 9.17) is 41.4 Å². The van der Waals surface area contributed by atoms with Gasteiger partial charge in [-0.1, -0.05) is 36.9 Å². The molecule has 0 fully saturated rings. The molecular formula is C18H13Cl2N5O4. The van der Waals surface area contributed by atoms with Gasteiger partial charge in [-0.25, -0.2) is 9.89 Å². The van der Waals surface area contributed by atoms with E-state index in [1.54, 1.807) is 6.07 Å². The van der Waals surface area contributed by atoms with Crippen LogP contribution in [0.4, 0.5) is 0 Å².